The van der Waals surface area contributed by atoms with E-state index >= 15 is 0 Å². The molecule has 1 aromatic carbocycles. The van der Waals surface area contributed by atoms with Crippen LogP contribution >= 0.6 is 22.9 Å². The van der Waals surface area contributed by atoms with Crippen molar-refractivity contribution in [3.8, 4) is 0 Å². The molecule has 0 saturated heterocycles. The van der Waals surface area contributed by atoms with Crippen molar-refractivity contribution in [2.75, 3.05) is 3.11 Å². The van der Waals surface area contributed by atoms with Gasteiger partial charge in [0.15, 0.2) is 0 Å². The van der Waals surface area contributed by atoms with Gasteiger partial charge in [-0.2, -0.15) is 0 Å². The number of hydrogen-bond donors (Lipinski definition) is 0. The maximum absolute atomic E-state index is 2.55. The second kappa shape index (κ2) is 8.40. The van der Waals surface area contributed by atoms with Gasteiger partial charge in [-0.25, -0.2) is 0 Å². The van der Waals surface area contributed by atoms with Crippen molar-refractivity contribution in [2.24, 2.45) is 5.92 Å². The van der Waals surface area contributed by atoms with E-state index in [1.807, 2.05) is 0 Å². The second-order valence-corrected chi connectivity index (χ2v) is 7.50. The van der Waals surface area contributed by atoms with E-state index in [0.29, 0.717) is 6.04 Å². The van der Waals surface area contributed by atoms with Crippen LogP contribution in [0.5, 0.6) is 0 Å². The highest BCUT2D eigenvalue weighted by atomic mass is 127. The van der Waals surface area contributed by atoms with E-state index in [4.69, 9.17) is 0 Å². The summed E-state index contributed by atoms with van der Waals surface area (Å²) in [4.78, 5) is 0. The average molecular weight is 399 g/mol. The first-order valence-electron chi connectivity index (χ1n) is 8.76. The molecule has 0 amide bonds. The van der Waals surface area contributed by atoms with Gasteiger partial charge >= 0.3 is 0 Å². The molecular formula is C19H30IN. The molecule has 1 aliphatic heterocycles. The van der Waals surface area contributed by atoms with Crippen LogP contribution in [0.1, 0.15) is 77.2 Å². The zero-order valence-corrected chi connectivity index (χ0v) is 16.0. The normalized spacial score (nSPS) is 22.4. The van der Waals surface area contributed by atoms with Crippen LogP contribution in [0.3, 0.4) is 0 Å². The van der Waals surface area contributed by atoms with Gasteiger partial charge in [-0.05, 0) is 30.4 Å². The molecule has 3 unspecified atom stereocenters. The van der Waals surface area contributed by atoms with Crippen LogP contribution in [0.25, 0.3) is 0 Å². The Morgan fingerprint density at radius 1 is 1.14 bits per heavy atom. The first-order valence-corrected chi connectivity index (χ1v) is 9.73. The number of nitrogens with zero attached hydrogens (tertiary/aromatic N) is 1. The molecule has 1 heterocycles. The largest absolute Gasteiger partial charge is 0.311 e. The molecule has 118 valence electrons. The van der Waals surface area contributed by atoms with Crippen molar-refractivity contribution >= 4 is 28.6 Å². The van der Waals surface area contributed by atoms with E-state index in [1.54, 1.807) is 5.56 Å². The van der Waals surface area contributed by atoms with Gasteiger partial charge in [-0.1, -0.05) is 71.1 Å². The number of para-hydroxylation sites is 1. The Morgan fingerprint density at radius 2 is 1.90 bits per heavy atom. The monoisotopic (exact) mass is 399 g/mol. The fraction of sp³-hybridized carbons (Fsp3) is 0.684. The molecule has 1 aliphatic rings. The van der Waals surface area contributed by atoms with Crippen LogP contribution < -0.4 is 3.11 Å². The predicted molar refractivity (Wildman–Crippen MR) is 102 cm³/mol. The van der Waals surface area contributed by atoms with Crippen LogP contribution in [0, 0.1) is 5.92 Å². The van der Waals surface area contributed by atoms with Gasteiger partial charge in [-0.3, -0.25) is 0 Å². The lowest BCUT2D eigenvalue weighted by Crippen LogP contribution is -2.28. The highest BCUT2D eigenvalue weighted by molar-refractivity contribution is 14.1. The molecule has 21 heavy (non-hydrogen) atoms. The second-order valence-electron chi connectivity index (χ2n) is 6.46. The summed E-state index contributed by atoms with van der Waals surface area (Å²) in [6.45, 7) is 7.02. The fourth-order valence-corrected chi connectivity index (χ4v) is 4.86. The molecule has 1 aromatic rings. The van der Waals surface area contributed by atoms with E-state index in [-0.39, 0.29) is 0 Å². The number of anilines is 1. The first-order chi connectivity index (χ1) is 10.2. The lowest BCUT2D eigenvalue weighted by Gasteiger charge is -2.28. The lowest BCUT2D eigenvalue weighted by molar-refractivity contribution is 0.365. The van der Waals surface area contributed by atoms with Gasteiger partial charge in [0, 0.05) is 17.6 Å². The third-order valence-corrected chi connectivity index (χ3v) is 6.37. The van der Waals surface area contributed by atoms with Gasteiger partial charge in [0.1, 0.15) is 0 Å². The maximum Gasteiger partial charge on any atom is 0.0594 e. The standard InChI is InChI=1S/C19H30IN/c1-4-7-8-11-15(5-2)14-19-16(6-3)17-12-9-10-13-18(17)21(19)20/h9-10,12-13,15-16,19H,4-8,11,14H2,1-3H3. The molecule has 0 spiro atoms. The van der Waals surface area contributed by atoms with Crippen molar-refractivity contribution < 1.29 is 0 Å². The number of unbranched alkanes of at least 4 members (excludes halogenated alkanes) is 2. The van der Waals surface area contributed by atoms with Crippen molar-refractivity contribution in [3.63, 3.8) is 0 Å². The van der Waals surface area contributed by atoms with Crippen molar-refractivity contribution in [3.05, 3.63) is 29.8 Å². The van der Waals surface area contributed by atoms with Crippen LogP contribution in [-0.4, -0.2) is 6.04 Å². The van der Waals surface area contributed by atoms with E-state index in [9.17, 15) is 0 Å². The van der Waals surface area contributed by atoms with E-state index in [2.05, 4.69) is 71.0 Å². The summed E-state index contributed by atoms with van der Waals surface area (Å²) in [5, 5.41) is 0. The molecular weight excluding hydrogens is 369 g/mol. The summed E-state index contributed by atoms with van der Waals surface area (Å²) >= 11 is 2.55. The summed E-state index contributed by atoms with van der Waals surface area (Å²) in [6.07, 6.45) is 9.50. The Kier molecular flexibility index (Phi) is 6.84. The highest BCUT2D eigenvalue weighted by Crippen LogP contribution is 2.47. The molecule has 3 atom stereocenters. The van der Waals surface area contributed by atoms with E-state index < -0.39 is 0 Å². The van der Waals surface area contributed by atoms with Crippen LogP contribution in [-0.2, 0) is 0 Å². The Labute approximate surface area is 145 Å². The number of benzene rings is 1. The predicted octanol–water partition coefficient (Wildman–Crippen LogP) is 6.72. The van der Waals surface area contributed by atoms with Crippen molar-refractivity contribution in [1.29, 1.82) is 0 Å². The topological polar surface area (TPSA) is 3.24 Å². The number of rotatable bonds is 8. The van der Waals surface area contributed by atoms with Crippen molar-refractivity contribution in [1.82, 2.24) is 0 Å². The molecule has 0 radical (unpaired) electrons. The molecule has 0 N–H and O–H groups in total. The van der Waals surface area contributed by atoms with E-state index in [0.717, 1.165) is 11.8 Å². The van der Waals surface area contributed by atoms with Gasteiger partial charge < -0.3 is 3.11 Å². The molecule has 0 saturated carbocycles. The summed E-state index contributed by atoms with van der Waals surface area (Å²) < 4.78 is 2.53. The quantitative estimate of drug-likeness (QED) is 0.267. The Bertz CT molecular complexity index is 431. The minimum Gasteiger partial charge on any atom is -0.311 e. The Morgan fingerprint density at radius 3 is 2.57 bits per heavy atom. The lowest BCUT2D eigenvalue weighted by atomic mass is 9.84. The summed E-state index contributed by atoms with van der Waals surface area (Å²) in [6, 6.07) is 9.71. The average Bonchev–Trinajstić information content (AvgIpc) is 2.79. The van der Waals surface area contributed by atoms with Gasteiger partial charge in [-0.15, -0.1) is 0 Å². The summed E-state index contributed by atoms with van der Waals surface area (Å²) in [5.41, 5.74) is 3.03. The maximum atomic E-state index is 2.55. The zero-order chi connectivity index (χ0) is 15.2. The van der Waals surface area contributed by atoms with Gasteiger partial charge in [0.25, 0.3) is 0 Å². The Hall–Kier alpha value is -0.250. The van der Waals surface area contributed by atoms with Crippen molar-refractivity contribution in [2.45, 2.75) is 77.7 Å². The molecule has 0 bridgehead atoms. The van der Waals surface area contributed by atoms with Gasteiger partial charge in [0.05, 0.1) is 22.9 Å². The first kappa shape index (κ1) is 17.1. The third-order valence-electron chi connectivity index (χ3n) is 5.13. The van der Waals surface area contributed by atoms with Crippen LogP contribution in [0.4, 0.5) is 5.69 Å². The highest BCUT2D eigenvalue weighted by Gasteiger charge is 2.36. The van der Waals surface area contributed by atoms with E-state index in [1.165, 1.54) is 50.6 Å². The fourth-order valence-electron chi connectivity index (χ4n) is 3.80. The SMILES string of the molecule is CCCCCC(CC)CC1C(CC)c2ccccc2N1I. The summed E-state index contributed by atoms with van der Waals surface area (Å²) in [7, 11) is 0. The molecule has 0 aromatic heterocycles. The molecule has 1 nitrogen and oxygen atoms in total. The van der Waals surface area contributed by atoms with Crippen LogP contribution in [0.2, 0.25) is 0 Å². The number of hydrogen-bond acceptors (Lipinski definition) is 1. The molecule has 2 heteroatoms. The molecule has 2 rings (SSSR count). The Balaban J connectivity index is 2.05. The number of halogens is 1. The minimum absolute atomic E-state index is 0.694. The zero-order valence-electron chi connectivity index (χ0n) is 13.8. The minimum atomic E-state index is 0.694. The molecule has 0 fully saturated rings. The van der Waals surface area contributed by atoms with Crippen LogP contribution in [0.15, 0.2) is 24.3 Å². The number of fused-ring (bicyclic) bond motifs is 1. The summed E-state index contributed by atoms with van der Waals surface area (Å²) in [5.74, 6) is 1.61. The van der Waals surface area contributed by atoms with Gasteiger partial charge in [0.2, 0.25) is 0 Å². The molecule has 0 aliphatic carbocycles. The smallest absolute Gasteiger partial charge is 0.0594 e. The third kappa shape index (κ3) is 3.94.